The third-order valence-electron chi connectivity index (χ3n) is 5.48. The molecule has 0 saturated heterocycles. The van der Waals surface area contributed by atoms with Gasteiger partial charge in [-0.05, 0) is 6.42 Å². The van der Waals surface area contributed by atoms with Crippen LogP contribution in [0.3, 0.4) is 0 Å². The molecule has 0 bridgehead atoms. The second-order valence-electron chi connectivity index (χ2n) is 8.10. The molecule has 0 aliphatic rings. The molecule has 2 heteroatoms. The monoisotopic (exact) mass is 366 g/mol. The third kappa shape index (κ3) is 23.5. The predicted octanol–water partition coefficient (Wildman–Crippen LogP) is 7.86. The van der Waals surface area contributed by atoms with E-state index in [2.05, 4.69) is 12.2 Å². The van der Waals surface area contributed by atoms with Gasteiger partial charge in [-0.1, -0.05) is 135 Å². The maximum Gasteiger partial charge on any atom is 0.309 e. The zero-order valence-electron chi connectivity index (χ0n) is 18.0. The number of hydrogen-bond donors (Lipinski definition) is 1. The van der Waals surface area contributed by atoms with Crippen molar-refractivity contribution in [2.75, 3.05) is 6.54 Å². The average molecular weight is 367 g/mol. The first-order chi connectivity index (χ1) is 12.9. The molecule has 0 aromatic carbocycles. The van der Waals surface area contributed by atoms with Crippen molar-refractivity contribution in [2.24, 2.45) is 0 Å². The molecular formula is C24H48NO. The molecule has 1 amide bonds. The van der Waals surface area contributed by atoms with Crippen LogP contribution in [0.4, 0.5) is 0 Å². The van der Waals surface area contributed by atoms with Crippen LogP contribution < -0.4 is 5.32 Å². The van der Waals surface area contributed by atoms with E-state index in [9.17, 15) is 4.79 Å². The van der Waals surface area contributed by atoms with E-state index in [-0.39, 0.29) is 0 Å². The van der Waals surface area contributed by atoms with Crippen molar-refractivity contribution in [1.82, 2.24) is 5.32 Å². The molecule has 0 aromatic rings. The molecule has 0 spiro atoms. The van der Waals surface area contributed by atoms with Gasteiger partial charge in [0.25, 0.3) is 0 Å². The lowest BCUT2D eigenvalue weighted by atomic mass is 10.0. The van der Waals surface area contributed by atoms with Gasteiger partial charge >= 0.3 is 6.41 Å². The van der Waals surface area contributed by atoms with Gasteiger partial charge in [0.2, 0.25) is 0 Å². The fourth-order valence-electron chi connectivity index (χ4n) is 3.70. The zero-order chi connectivity index (χ0) is 19.0. The normalized spacial score (nSPS) is 11.0. The number of carbonyl (C=O) groups excluding carboxylic acids is 1. The second kappa shape index (κ2) is 24.5. The molecule has 0 aliphatic heterocycles. The van der Waals surface area contributed by atoms with Crippen molar-refractivity contribution in [3.63, 3.8) is 0 Å². The van der Waals surface area contributed by atoms with E-state index < -0.39 is 0 Å². The Morgan fingerprint density at radius 1 is 0.462 bits per heavy atom. The lowest BCUT2D eigenvalue weighted by molar-refractivity contribution is 0.518. The average Bonchev–Trinajstić information content (AvgIpc) is 2.66. The highest BCUT2D eigenvalue weighted by Crippen LogP contribution is 2.14. The predicted molar refractivity (Wildman–Crippen MR) is 116 cm³/mol. The van der Waals surface area contributed by atoms with Crippen LogP contribution in [-0.2, 0) is 4.79 Å². The summed E-state index contributed by atoms with van der Waals surface area (Å²) in [5.74, 6) is 0. The van der Waals surface area contributed by atoms with E-state index in [1.165, 1.54) is 128 Å². The molecule has 0 atom stereocenters. The number of nitrogens with one attached hydrogen (secondary N) is 1. The Morgan fingerprint density at radius 3 is 1.00 bits per heavy atom. The number of rotatable bonds is 23. The fourth-order valence-corrected chi connectivity index (χ4v) is 3.70. The Labute approximate surface area is 165 Å². The van der Waals surface area contributed by atoms with Crippen LogP contribution in [0, 0.1) is 0 Å². The number of hydrogen-bond acceptors (Lipinski definition) is 1. The molecule has 1 radical (unpaired) electrons. The van der Waals surface area contributed by atoms with Gasteiger partial charge in [-0.2, -0.15) is 0 Å². The minimum atomic E-state index is 0.794. The summed E-state index contributed by atoms with van der Waals surface area (Å²) in [5.41, 5.74) is 0. The lowest BCUT2D eigenvalue weighted by Gasteiger charge is -2.04. The molecule has 0 fully saturated rings. The molecule has 0 saturated carbocycles. The van der Waals surface area contributed by atoms with Gasteiger partial charge in [0, 0.05) is 6.54 Å². The minimum absolute atomic E-state index is 0.794. The lowest BCUT2D eigenvalue weighted by Crippen LogP contribution is -2.11. The molecular weight excluding hydrogens is 318 g/mol. The van der Waals surface area contributed by atoms with E-state index in [1.807, 2.05) is 0 Å². The summed E-state index contributed by atoms with van der Waals surface area (Å²) in [4.78, 5) is 9.98. The summed E-state index contributed by atoms with van der Waals surface area (Å²) in [6.45, 7) is 3.09. The molecule has 0 rings (SSSR count). The minimum Gasteiger partial charge on any atom is -0.348 e. The van der Waals surface area contributed by atoms with Crippen molar-refractivity contribution < 1.29 is 4.79 Å². The van der Waals surface area contributed by atoms with Gasteiger partial charge in [-0.25, -0.2) is 0 Å². The highest BCUT2D eigenvalue weighted by atomic mass is 16.1. The largest absolute Gasteiger partial charge is 0.348 e. The third-order valence-corrected chi connectivity index (χ3v) is 5.48. The Bertz CT molecular complexity index is 255. The first-order valence-electron chi connectivity index (χ1n) is 12.0. The molecule has 0 unspecified atom stereocenters. The standard InChI is InChI=1S/C24H48NO/c1-2-3-4-5-6-7-8-9-10-11-12-13-14-15-16-17-18-19-20-21-22-23-25-24-26/h2-23H2,1H3,(H,25,26). The number of unbranched alkanes of at least 4 members (excludes halogenated alkanes) is 20. The van der Waals surface area contributed by atoms with Gasteiger partial charge in [-0.15, -0.1) is 0 Å². The molecule has 155 valence electrons. The van der Waals surface area contributed by atoms with Gasteiger partial charge in [0.15, 0.2) is 0 Å². The maximum absolute atomic E-state index is 9.98. The first kappa shape index (κ1) is 25.5. The van der Waals surface area contributed by atoms with Crippen LogP contribution in [0.2, 0.25) is 0 Å². The first-order valence-corrected chi connectivity index (χ1v) is 12.0. The van der Waals surface area contributed by atoms with E-state index >= 15 is 0 Å². The van der Waals surface area contributed by atoms with Crippen LogP contribution in [-0.4, -0.2) is 13.0 Å². The molecule has 0 aliphatic carbocycles. The van der Waals surface area contributed by atoms with Gasteiger partial charge < -0.3 is 5.32 Å². The van der Waals surface area contributed by atoms with E-state index in [0.29, 0.717) is 0 Å². The Hall–Kier alpha value is -0.530. The Morgan fingerprint density at radius 2 is 0.731 bits per heavy atom. The van der Waals surface area contributed by atoms with E-state index in [1.54, 1.807) is 6.41 Å². The molecule has 2 nitrogen and oxygen atoms in total. The highest BCUT2D eigenvalue weighted by molar-refractivity contribution is 5.46. The van der Waals surface area contributed by atoms with Crippen molar-refractivity contribution in [3.05, 3.63) is 0 Å². The molecule has 1 N–H and O–H groups in total. The zero-order valence-corrected chi connectivity index (χ0v) is 18.0. The fraction of sp³-hybridized carbons (Fsp3) is 0.958. The molecule has 26 heavy (non-hydrogen) atoms. The quantitative estimate of drug-likeness (QED) is 0.145. The summed E-state index contributed by atoms with van der Waals surface area (Å²) in [6.07, 6.45) is 31.3. The maximum atomic E-state index is 9.98. The SMILES string of the molecule is CCCCCCCCCCCCCCCCCCCCCCCN[C]=O. The summed E-state index contributed by atoms with van der Waals surface area (Å²) in [7, 11) is 0. The van der Waals surface area contributed by atoms with Crippen molar-refractivity contribution in [1.29, 1.82) is 0 Å². The van der Waals surface area contributed by atoms with Crippen molar-refractivity contribution in [2.45, 2.75) is 142 Å². The van der Waals surface area contributed by atoms with E-state index in [0.717, 1.165) is 13.0 Å². The Kier molecular flexibility index (Phi) is 24.0. The van der Waals surface area contributed by atoms with Gasteiger partial charge in [0.1, 0.15) is 0 Å². The van der Waals surface area contributed by atoms with Crippen LogP contribution in [0.15, 0.2) is 0 Å². The van der Waals surface area contributed by atoms with Crippen LogP contribution in [0.5, 0.6) is 0 Å². The summed E-state index contributed by atoms with van der Waals surface area (Å²) in [5, 5.41) is 2.60. The smallest absolute Gasteiger partial charge is 0.309 e. The van der Waals surface area contributed by atoms with Crippen LogP contribution >= 0.6 is 0 Å². The molecule has 0 aromatic heterocycles. The van der Waals surface area contributed by atoms with Crippen molar-refractivity contribution >= 4 is 6.41 Å². The summed E-state index contributed by atoms with van der Waals surface area (Å²) < 4.78 is 0. The van der Waals surface area contributed by atoms with E-state index in [4.69, 9.17) is 0 Å². The highest BCUT2D eigenvalue weighted by Gasteiger charge is 1.95. The van der Waals surface area contributed by atoms with Crippen molar-refractivity contribution in [3.8, 4) is 0 Å². The topological polar surface area (TPSA) is 29.1 Å². The van der Waals surface area contributed by atoms with Gasteiger partial charge in [0.05, 0.1) is 0 Å². The Balaban J connectivity index is 2.96. The molecule has 0 heterocycles. The van der Waals surface area contributed by atoms with Crippen LogP contribution in [0.1, 0.15) is 142 Å². The number of amides is 1. The van der Waals surface area contributed by atoms with Crippen LogP contribution in [0.25, 0.3) is 0 Å². The van der Waals surface area contributed by atoms with Gasteiger partial charge in [-0.3, -0.25) is 4.79 Å². The summed E-state index contributed by atoms with van der Waals surface area (Å²) >= 11 is 0. The second-order valence-corrected chi connectivity index (χ2v) is 8.10. The summed E-state index contributed by atoms with van der Waals surface area (Å²) in [6, 6.07) is 0.